The predicted molar refractivity (Wildman–Crippen MR) is 72.5 cm³/mol. The lowest BCUT2D eigenvalue weighted by Gasteiger charge is -2.39. The van der Waals surface area contributed by atoms with Gasteiger partial charge >= 0.3 is 0 Å². The topological polar surface area (TPSA) is 143 Å². The second kappa shape index (κ2) is 6.73. The molecule has 1 heterocycles. The van der Waals surface area contributed by atoms with E-state index in [2.05, 4.69) is 0 Å². The molecule has 0 saturated carbocycles. The molecule has 122 valence electrons. The van der Waals surface area contributed by atoms with Crippen molar-refractivity contribution in [2.75, 3.05) is 6.61 Å². The Hall–Kier alpha value is -1.49. The minimum atomic E-state index is -1.59. The van der Waals surface area contributed by atoms with Crippen LogP contribution < -0.4 is 4.74 Å². The normalized spacial score (nSPS) is 31.8. The van der Waals surface area contributed by atoms with Gasteiger partial charge in [0.25, 0.3) is 5.69 Å². The van der Waals surface area contributed by atoms with Gasteiger partial charge in [0.1, 0.15) is 30.2 Å². The number of ether oxygens (including phenoxy) is 2. The summed E-state index contributed by atoms with van der Waals surface area (Å²) >= 11 is 5.85. The fourth-order valence-electron chi connectivity index (χ4n) is 1.99. The molecule has 0 aromatic heterocycles. The highest BCUT2D eigenvalue weighted by Crippen LogP contribution is 2.31. The number of non-ortho nitro benzene ring substituents is 1. The van der Waals surface area contributed by atoms with E-state index in [1.54, 1.807) is 0 Å². The zero-order chi connectivity index (χ0) is 16.4. The maximum Gasteiger partial charge on any atom is 0.271 e. The van der Waals surface area contributed by atoms with E-state index in [0.29, 0.717) is 0 Å². The molecule has 0 spiro atoms. The SMILES string of the molecule is O=[N+]([O-])c1ccc(O[C@H]2OC(CO)[C@@H](O)C(O)C2O)c(Cl)c1. The molecular formula is C12H14ClNO8. The second-order valence-electron chi connectivity index (χ2n) is 4.69. The third-order valence-corrected chi connectivity index (χ3v) is 3.51. The van der Waals surface area contributed by atoms with E-state index < -0.39 is 42.2 Å². The van der Waals surface area contributed by atoms with Crippen LogP contribution in [0.3, 0.4) is 0 Å². The average molecular weight is 336 g/mol. The van der Waals surface area contributed by atoms with Gasteiger partial charge in [-0.3, -0.25) is 10.1 Å². The van der Waals surface area contributed by atoms with Crippen LogP contribution in [-0.4, -0.2) is 62.7 Å². The van der Waals surface area contributed by atoms with Gasteiger partial charge in [-0.05, 0) is 6.07 Å². The van der Waals surface area contributed by atoms with Crippen molar-refractivity contribution in [3.8, 4) is 5.75 Å². The summed E-state index contributed by atoms with van der Waals surface area (Å²) in [5.74, 6) is -0.0170. The van der Waals surface area contributed by atoms with Gasteiger partial charge in [-0.15, -0.1) is 0 Å². The van der Waals surface area contributed by atoms with Crippen molar-refractivity contribution in [1.82, 2.24) is 0 Å². The van der Waals surface area contributed by atoms with E-state index in [4.69, 9.17) is 26.2 Å². The number of nitro groups is 1. The number of hydrogen-bond acceptors (Lipinski definition) is 8. The molecule has 1 aromatic carbocycles. The molecule has 2 rings (SSSR count). The molecule has 1 aliphatic heterocycles. The average Bonchev–Trinajstić information content (AvgIpc) is 2.49. The van der Waals surface area contributed by atoms with Crippen LogP contribution >= 0.6 is 11.6 Å². The van der Waals surface area contributed by atoms with E-state index in [0.717, 1.165) is 12.1 Å². The number of nitrogens with zero attached hydrogens (tertiary/aromatic N) is 1. The third-order valence-electron chi connectivity index (χ3n) is 3.22. The molecular weight excluding hydrogens is 322 g/mol. The summed E-state index contributed by atoms with van der Waals surface area (Å²) in [5.41, 5.74) is -0.244. The molecule has 22 heavy (non-hydrogen) atoms. The highest BCUT2D eigenvalue weighted by atomic mass is 35.5. The molecule has 1 aliphatic rings. The van der Waals surface area contributed by atoms with E-state index in [-0.39, 0.29) is 16.5 Å². The zero-order valence-electron chi connectivity index (χ0n) is 11.1. The van der Waals surface area contributed by atoms with Crippen molar-refractivity contribution in [2.45, 2.75) is 30.7 Å². The molecule has 3 unspecified atom stereocenters. The van der Waals surface area contributed by atoms with E-state index in [9.17, 15) is 25.4 Å². The molecule has 10 heteroatoms. The maximum atomic E-state index is 10.6. The van der Waals surface area contributed by atoms with Crippen LogP contribution in [0.25, 0.3) is 0 Å². The molecule has 0 bridgehead atoms. The fraction of sp³-hybridized carbons (Fsp3) is 0.500. The lowest BCUT2D eigenvalue weighted by Crippen LogP contribution is -2.60. The molecule has 0 aliphatic carbocycles. The van der Waals surface area contributed by atoms with Gasteiger partial charge in [-0.2, -0.15) is 0 Å². The van der Waals surface area contributed by atoms with Gasteiger partial charge in [-0.1, -0.05) is 11.6 Å². The highest BCUT2D eigenvalue weighted by molar-refractivity contribution is 6.32. The Labute approximate surface area is 129 Å². The summed E-state index contributed by atoms with van der Waals surface area (Å²) in [5, 5.41) is 48.7. The van der Waals surface area contributed by atoms with E-state index in [1.165, 1.54) is 6.07 Å². The Balaban J connectivity index is 2.17. The lowest BCUT2D eigenvalue weighted by atomic mass is 9.99. The van der Waals surface area contributed by atoms with Crippen molar-refractivity contribution < 1.29 is 34.8 Å². The summed E-state index contributed by atoms with van der Waals surface area (Å²) in [6, 6.07) is 3.41. The first-order chi connectivity index (χ1) is 10.3. The first-order valence-corrected chi connectivity index (χ1v) is 6.64. The highest BCUT2D eigenvalue weighted by Gasteiger charge is 2.44. The van der Waals surface area contributed by atoms with Crippen LogP contribution in [0.4, 0.5) is 5.69 Å². The van der Waals surface area contributed by atoms with Gasteiger partial charge in [-0.25, -0.2) is 0 Å². The summed E-state index contributed by atoms with van der Waals surface area (Å²) in [6.07, 6.45) is -7.22. The second-order valence-corrected chi connectivity index (χ2v) is 5.09. The van der Waals surface area contributed by atoms with Crippen LogP contribution in [0.5, 0.6) is 5.75 Å². The number of nitro benzene ring substituents is 1. The number of hydrogen-bond donors (Lipinski definition) is 4. The predicted octanol–water partition coefficient (Wildman–Crippen LogP) is -0.573. The van der Waals surface area contributed by atoms with Gasteiger partial charge in [0.05, 0.1) is 16.6 Å². The van der Waals surface area contributed by atoms with Crippen LogP contribution in [0, 0.1) is 10.1 Å². The van der Waals surface area contributed by atoms with Crippen LogP contribution in [0.1, 0.15) is 0 Å². The largest absolute Gasteiger partial charge is 0.460 e. The van der Waals surface area contributed by atoms with Crippen molar-refractivity contribution >= 4 is 17.3 Å². The quantitative estimate of drug-likeness (QED) is 0.423. The molecule has 1 fully saturated rings. The summed E-state index contributed by atoms with van der Waals surface area (Å²) in [4.78, 5) is 9.98. The van der Waals surface area contributed by atoms with Crippen molar-refractivity contribution in [2.24, 2.45) is 0 Å². The summed E-state index contributed by atoms with van der Waals surface area (Å²) in [7, 11) is 0. The van der Waals surface area contributed by atoms with Gasteiger partial charge in [0.15, 0.2) is 0 Å². The minimum absolute atomic E-state index is 0.0170. The Bertz CT molecular complexity index is 554. The Morgan fingerprint density at radius 3 is 2.50 bits per heavy atom. The number of aliphatic hydroxyl groups is 4. The zero-order valence-corrected chi connectivity index (χ0v) is 11.8. The van der Waals surface area contributed by atoms with Gasteiger partial charge in [0.2, 0.25) is 6.29 Å². The number of rotatable bonds is 4. The Morgan fingerprint density at radius 1 is 1.27 bits per heavy atom. The smallest absolute Gasteiger partial charge is 0.271 e. The molecule has 5 atom stereocenters. The third kappa shape index (κ3) is 3.29. The van der Waals surface area contributed by atoms with Crippen molar-refractivity contribution in [1.29, 1.82) is 0 Å². The van der Waals surface area contributed by atoms with E-state index in [1.807, 2.05) is 0 Å². The Morgan fingerprint density at radius 2 is 1.95 bits per heavy atom. The van der Waals surface area contributed by atoms with Crippen molar-refractivity contribution in [3.63, 3.8) is 0 Å². The van der Waals surface area contributed by atoms with Crippen LogP contribution in [0.15, 0.2) is 18.2 Å². The fourth-order valence-corrected chi connectivity index (χ4v) is 2.21. The summed E-state index contributed by atoms with van der Waals surface area (Å²) < 4.78 is 10.4. The van der Waals surface area contributed by atoms with Crippen LogP contribution in [-0.2, 0) is 4.74 Å². The lowest BCUT2D eigenvalue weighted by molar-refractivity contribution is -0.384. The number of aliphatic hydroxyl groups excluding tert-OH is 4. The van der Waals surface area contributed by atoms with Crippen LogP contribution in [0.2, 0.25) is 5.02 Å². The Kier molecular flexibility index (Phi) is 5.16. The van der Waals surface area contributed by atoms with Crippen molar-refractivity contribution in [3.05, 3.63) is 33.3 Å². The number of halogens is 1. The van der Waals surface area contributed by atoms with Gasteiger partial charge < -0.3 is 29.9 Å². The molecule has 9 nitrogen and oxygen atoms in total. The molecule has 0 amide bonds. The van der Waals surface area contributed by atoms with E-state index >= 15 is 0 Å². The molecule has 0 radical (unpaired) electrons. The molecule has 1 saturated heterocycles. The number of benzene rings is 1. The van der Waals surface area contributed by atoms with Gasteiger partial charge in [0, 0.05) is 12.1 Å². The molecule has 4 N–H and O–H groups in total. The first-order valence-electron chi connectivity index (χ1n) is 6.26. The first kappa shape index (κ1) is 16.9. The maximum absolute atomic E-state index is 10.6. The monoisotopic (exact) mass is 335 g/mol. The standard InChI is InChI=1S/C12H14ClNO8/c13-6-3-5(14(19)20)1-2-7(6)21-12-11(18)10(17)9(16)8(4-15)22-12/h1-3,8-12,15-18H,4H2/t8?,9-,10?,11?,12+/m1/s1. The molecule has 1 aromatic rings. The minimum Gasteiger partial charge on any atom is -0.460 e. The summed E-state index contributed by atoms with van der Waals surface area (Å²) in [6.45, 7) is -0.598.